The molecule has 3 rings (SSSR count). The first kappa shape index (κ1) is 14.5. The Morgan fingerprint density at radius 3 is 2.48 bits per heavy atom. The van der Waals surface area contributed by atoms with Gasteiger partial charge >= 0.3 is 0 Å². The summed E-state index contributed by atoms with van der Waals surface area (Å²) in [7, 11) is 0. The van der Waals surface area contributed by atoms with Crippen LogP contribution in [0.2, 0.25) is 0 Å². The molecule has 1 aliphatic heterocycles. The highest BCUT2D eigenvalue weighted by Crippen LogP contribution is 2.44. The minimum absolute atomic E-state index is 0.246. The maximum Gasteiger partial charge on any atom is 0.123 e. The minimum Gasteiger partial charge on any atom is -0.299 e. The molecule has 1 saturated carbocycles. The molecule has 0 bridgehead atoms. The quantitative estimate of drug-likeness (QED) is 0.813. The molecule has 1 aromatic rings. The van der Waals surface area contributed by atoms with Gasteiger partial charge in [-0.3, -0.25) is 4.90 Å². The van der Waals surface area contributed by atoms with Crippen LogP contribution in [0.4, 0.5) is 4.39 Å². The third-order valence-electron chi connectivity index (χ3n) is 5.41. The van der Waals surface area contributed by atoms with Gasteiger partial charge in [-0.1, -0.05) is 19.3 Å². The van der Waals surface area contributed by atoms with Gasteiger partial charge in [-0.2, -0.15) is 5.26 Å². The maximum atomic E-state index is 13.4. The number of benzene rings is 1. The highest BCUT2D eigenvalue weighted by atomic mass is 19.1. The molecule has 1 spiro atoms. The Balaban J connectivity index is 1.63. The number of piperidine rings is 1. The smallest absolute Gasteiger partial charge is 0.123 e. The number of nitrogens with zero attached hydrogens (tertiary/aromatic N) is 2. The van der Waals surface area contributed by atoms with Crippen molar-refractivity contribution in [3.63, 3.8) is 0 Å². The molecule has 0 unspecified atom stereocenters. The molecule has 2 nitrogen and oxygen atoms in total. The normalized spacial score (nSPS) is 22.1. The van der Waals surface area contributed by atoms with Gasteiger partial charge < -0.3 is 0 Å². The van der Waals surface area contributed by atoms with E-state index in [1.807, 2.05) is 0 Å². The lowest BCUT2D eigenvalue weighted by Gasteiger charge is -2.44. The fraction of sp³-hybridized carbons (Fsp3) is 0.611. The highest BCUT2D eigenvalue weighted by molar-refractivity contribution is 5.37. The Morgan fingerprint density at radius 1 is 1.10 bits per heavy atom. The Kier molecular flexibility index (Phi) is 4.26. The summed E-state index contributed by atoms with van der Waals surface area (Å²) in [5, 5.41) is 9.15. The van der Waals surface area contributed by atoms with Gasteiger partial charge in [-0.05, 0) is 68.0 Å². The highest BCUT2D eigenvalue weighted by Gasteiger charge is 2.35. The van der Waals surface area contributed by atoms with Crippen LogP contribution in [0.3, 0.4) is 0 Å². The van der Waals surface area contributed by atoms with Crippen molar-refractivity contribution in [3.05, 3.63) is 35.1 Å². The van der Waals surface area contributed by atoms with Gasteiger partial charge in [0, 0.05) is 6.54 Å². The average Bonchev–Trinajstić information content (AvgIpc) is 2.51. The van der Waals surface area contributed by atoms with Crippen LogP contribution in [0.1, 0.15) is 56.1 Å². The number of likely N-dealkylation sites (tertiary alicyclic amines) is 1. The van der Waals surface area contributed by atoms with Crippen LogP contribution >= 0.6 is 0 Å². The summed E-state index contributed by atoms with van der Waals surface area (Å²) < 4.78 is 13.4. The van der Waals surface area contributed by atoms with Gasteiger partial charge in [0.15, 0.2) is 0 Å². The van der Waals surface area contributed by atoms with Crippen LogP contribution in [0.15, 0.2) is 18.2 Å². The first-order valence-corrected chi connectivity index (χ1v) is 8.12. The summed E-state index contributed by atoms with van der Waals surface area (Å²) in [6, 6.07) is 6.66. The first-order chi connectivity index (χ1) is 10.2. The predicted octanol–water partition coefficient (Wildman–Crippen LogP) is 4.24. The Labute approximate surface area is 126 Å². The van der Waals surface area contributed by atoms with E-state index in [0.717, 1.165) is 18.7 Å². The van der Waals surface area contributed by atoms with Crippen molar-refractivity contribution in [2.45, 2.75) is 51.5 Å². The van der Waals surface area contributed by atoms with Crippen LogP contribution in [0, 0.1) is 22.6 Å². The molecule has 0 atom stereocenters. The van der Waals surface area contributed by atoms with E-state index in [2.05, 4.69) is 11.0 Å². The van der Waals surface area contributed by atoms with Crippen LogP contribution in [0.5, 0.6) is 0 Å². The monoisotopic (exact) mass is 286 g/mol. The van der Waals surface area contributed by atoms with E-state index >= 15 is 0 Å². The van der Waals surface area contributed by atoms with Crippen molar-refractivity contribution in [3.8, 4) is 6.07 Å². The van der Waals surface area contributed by atoms with Gasteiger partial charge in [-0.25, -0.2) is 4.39 Å². The van der Waals surface area contributed by atoms with E-state index in [1.54, 1.807) is 6.07 Å². The third kappa shape index (κ3) is 3.27. The van der Waals surface area contributed by atoms with Crippen LogP contribution in [-0.2, 0) is 6.54 Å². The van der Waals surface area contributed by atoms with E-state index in [0.29, 0.717) is 17.5 Å². The maximum absolute atomic E-state index is 13.4. The van der Waals surface area contributed by atoms with Gasteiger partial charge in [0.05, 0.1) is 11.6 Å². The largest absolute Gasteiger partial charge is 0.299 e. The standard InChI is InChI=1S/C18H23FN2/c19-17-5-4-15(13-20)16(12-17)14-21-10-8-18(9-11-21)6-2-1-3-7-18/h4-5,12H,1-3,6-11,14H2. The van der Waals surface area contributed by atoms with Crippen molar-refractivity contribution in [1.29, 1.82) is 5.26 Å². The summed E-state index contributed by atoms with van der Waals surface area (Å²) in [4.78, 5) is 2.38. The van der Waals surface area contributed by atoms with E-state index in [-0.39, 0.29) is 5.82 Å². The lowest BCUT2D eigenvalue weighted by Crippen LogP contribution is -2.40. The van der Waals surface area contributed by atoms with Gasteiger partial charge in [0.2, 0.25) is 0 Å². The lowest BCUT2D eigenvalue weighted by atomic mass is 9.68. The summed E-state index contributed by atoms with van der Waals surface area (Å²) >= 11 is 0. The van der Waals surface area contributed by atoms with Crippen molar-refractivity contribution in [2.75, 3.05) is 13.1 Å². The SMILES string of the molecule is N#Cc1ccc(F)cc1CN1CCC2(CCCCC2)CC1. The number of halogens is 1. The second-order valence-corrected chi connectivity index (χ2v) is 6.75. The molecule has 0 aromatic heterocycles. The number of nitriles is 1. The molecule has 1 heterocycles. The molecular weight excluding hydrogens is 263 g/mol. The topological polar surface area (TPSA) is 27.0 Å². The van der Waals surface area contributed by atoms with E-state index in [9.17, 15) is 4.39 Å². The molecule has 1 aliphatic carbocycles. The van der Waals surface area contributed by atoms with E-state index < -0.39 is 0 Å². The van der Waals surface area contributed by atoms with Crippen LogP contribution in [0.25, 0.3) is 0 Å². The summed E-state index contributed by atoms with van der Waals surface area (Å²) in [6.07, 6.45) is 9.51. The fourth-order valence-electron chi connectivity index (χ4n) is 4.03. The molecule has 1 saturated heterocycles. The Morgan fingerprint density at radius 2 is 1.81 bits per heavy atom. The zero-order valence-corrected chi connectivity index (χ0v) is 12.6. The lowest BCUT2D eigenvalue weighted by molar-refractivity contribution is 0.0640. The first-order valence-electron chi connectivity index (χ1n) is 8.12. The molecular formula is C18H23FN2. The Hall–Kier alpha value is -1.40. The minimum atomic E-state index is -0.246. The van der Waals surface area contributed by atoms with E-state index in [4.69, 9.17) is 5.26 Å². The molecule has 1 aromatic carbocycles. The van der Waals surface area contributed by atoms with Gasteiger partial charge in [0.25, 0.3) is 0 Å². The molecule has 0 radical (unpaired) electrons. The van der Waals surface area contributed by atoms with Crippen LogP contribution < -0.4 is 0 Å². The second-order valence-electron chi connectivity index (χ2n) is 6.75. The predicted molar refractivity (Wildman–Crippen MR) is 81.1 cm³/mol. The zero-order valence-electron chi connectivity index (χ0n) is 12.6. The summed E-state index contributed by atoms with van der Waals surface area (Å²) in [5.74, 6) is -0.246. The second kappa shape index (κ2) is 6.15. The average molecular weight is 286 g/mol. The summed E-state index contributed by atoms with van der Waals surface area (Å²) in [5.41, 5.74) is 2.03. The molecule has 21 heavy (non-hydrogen) atoms. The molecule has 112 valence electrons. The van der Waals surface area contributed by atoms with Gasteiger partial charge in [0.1, 0.15) is 5.82 Å². The fourth-order valence-corrected chi connectivity index (χ4v) is 4.03. The molecule has 3 heteroatoms. The molecule has 0 N–H and O–H groups in total. The van der Waals surface area contributed by atoms with Crippen molar-refractivity contribution in [2.24, 2.45) is 5.41 Å². The Bertz CT molecular complexity index is 531. The zero-order chi connectivity index (χ0) is 14.7. The molecule has 2 fully saturated rings. The van der Waals surface area contributed by atoms with Crippen molar-refractivity contribution in [1.82, 2.24) is 4.90 Å². The molecule has 2 aliphatic rings. The number of hydrogen-bond donors (Lipinski definition) is 0. The summed E-state index contributed by atoms with van der Waals surface area (Å²) in [6.45, 7) is 2.87. The van der Waals surface area contributed by atoms with Crippen molar-refractivity contribution >= 4 is 0 Å². The molecule has 0 amide bonds. The van der Waals surface area contributed by atoms with Crippen molar-refractivity contribution < 1.29 is 4.39 Å². The third-order valence-corrected chi connectivity index (χ3v) is 5.41. The van der Waals surface area contributed by atoms with Crippen LogP contribution in [-0.4, -0.2) is 18.0 Å². The van der Waals surface area contributed by atoms with Gasteiger partial charge in [-0.15, -0.1) is 0 Å². The van der Waals surface area contributed by atoms with E-state index in [1.165, 1.54) is 57.1 Å². The number of hydrogen-bond acceptors (Lipinski definition) is 2. The number of rotatable bonds is 2.